The van der Waals surface area contributed by atoms with Gasteiger partial charge in [-0.3, -0.25) is 9.89 Å². The molecule has 0 unspecified atom stereocenters. The molecule has 2 rings (SSSR count). The molecule has 0 aliphatic carbocycles. The summed E-state index contributed by atoms with van der Waals surface area (Å²) >= 11 is 0. The van der Waals surface area contributed by atoms with Gasteiger partial charge in [0, 0.05) is 57.0 Å². The Bertz CT molecular complexity index is 571. The van der Waals surface area contributed by atoms with Gasteiger partial charge in [-0.25, -0.2) is 0 Å². The molecule has 1 aliphatic heterocycles. The molecule has 0 aromatic heterocycles. The number of methoxy groups -OCH3 is 1. The highest BCUT2D eigenvalue weighted by molar-refractivity contribution is 5.80. The average Bonchev–Trinajstić information content (AvgIpc) is 2.65. The zero-order valence-electron chi connectivity index (χ0n) is 17.7. The molecule has 1 heterocycles. The largest absolute Gasteiger partial charge is 0.497 e. The first-order valence-corrected chi connectivity index (χ1v) is 10.1. The SMILES string of the molecule is CCNC(=NCCCN1CCN(c2ccc(OC)cc2)CC1)NC(C)(C)C. The molecule has 1 saturated heterocycles. The lowest BCUT2D eigenvalue weighted by molar-refractivity contribution is 0.256. The summed E-state index contributed by atoms with van der Waals surface area (Å²) in [6, 6.07) is 8.36. The highest BCUT2D eigenvalue weighted by Crippen LogP contribution is 2.20. The van der Waals surface area contributed by atoms with E-state index in [0.29, 0.717) is 0 Å². The molecular weight excluding hydrogens is 338 g/mol. The summed E-state index contributed by atoms with van der Waals surface area (Å²) in [6.45, 7) is 15.8. The molecule has 0 atom stereocenters. The van der Waals surface area contributed by atoms with E-state index < -0.39 is 0 Å². The molecule has 1 aromatic carbocycles. The van der Waals surface area contributed by atoms with Crippen molar-refractivity contribution in [1.82, 2.24) is 15.5 Å². The van der Waals surface area contributed by atoms with Gasteiger partial charge < -0.3 is 20.3 Å². The molecule has 6 nitrogen and oxygen atoms in total. The van der Waals surface area contributed by atoms with Gasteiger partial charge in [0.15, 0.2) is 5.96 Å². The number of hydrogen-bond donors (Lipinski definition) is 2. The molecular formula is C21H37N5O. The van der Waals surface area contributed by atoms with Gasteiger partial charge in [-0.2, -0.15) is 0 Å². The van der Waals surface area contributed by atoms with Crippen LogP contribution in [-0.4, -0.2) is 69.3 Å². The minimum Gasteiger partial charge on any atom is -0.497 e. The Balaban J connectivity index is 1.71. The number of nitrogens with one attached hydrogen (secondary N) is 2. The number of benzene rings is 1. The predicted octanol–water partition coefficient (Wildman–Crippen LogP) is 2.56. The van der Waals surface area contributed by atoms with Crippen LogP contribution < -0.4 is 20.3 Å². The van der Waals surface area contributed by atoms with E-state index in [1.54, 1.807) is 7.11 Å². The quantitative estimate of drug-likeness (QED) is 0.436. The van der Waals surface area contributed by atoms with Crippen molar-refractivity contribution in [2.45, 2.75) is 39.7 Å². The van der Waals surface area contributed by atoms with Gasteiger partial charge in [-0.1, -0.05) is 0 Å². The van der Waals surface area contributed by atoms with Gasteiger partial charge >= 0.3 is 0 Å². The lowest BCUT2D eigenvalue weighted by atomic mass is 10.1. The van der Waals surface area contributed by atoms with Crippen LogP contribution in [-0.2, 0) is 0 Å². The first kappa shape index (κ1) is 21.4. The predicted molar refractivity (Wildman–Crippen MR) is 115 cm³/mol. The first-order chi connectivity index (χ1) is 12.9. The zero-order chi connectivity index (χ0) is 19.7. The van der Waals surface area contributed by atoms with E-state index in [0.717, 1.165) is 63.9 Å². The average molecular weight is 376 g/mol. The summed E-state index contributed by atoms with van der Waals surface area (Å²) in [5.41, 5.74) is 1.31. The number of aliphatic imine (C=N–C) groups is 1. The topological polar surface area (TPSA) is 52.1 Å². The molecule has 0 amide bonds. The van der Waals surface area contributed by atoms with Crippen molar-refractivity contribution in [2.24, 2.45) is 4.99 Å². The van der Waals surface area contributed by atoms with Crippen molar-refractivity contribution < 1.29 is 4.74 Å². The van der Waals surface area contributed by atoms with Crippen LogP contribution in [0.4, 0.5) is 5.69 Å². The summed E-state index contributed by atoms with van der Waals surface area (Å²) in [7, 11) is 1.71. The van der Waals surface area contributed by atoms with Crippen molar-refractivity contribution in [3.05, 3.63) is 24.3 Å². The van der Waals surface area contributed by atoms with E-state index in [9.17, 15) is 0 Å². The van der Waals surface area contributed by atoms with Gasteiger partial charge in [0.25, 0.3) is 0 Å². The summed E-state index contributed by atoms with van der Waals surface area (Å²) in [5.74, 6) is 1.82. The maximum absolute atomic E-state index is 5.24. The molecule has 152 valence electrons. The third-order valence-electron chi connectivity index (χ3n) is 4.55. The zero-order valence-corrected chi connectivity index (χ0v) is 17.7. The van der Waals surface area contributed by atoms with Crippen LogP contribution in [0, 0.1) is 0 Å². The Kier molecular flexibility index (Phi) is 8.23. The second-order valence-corrected chi connectivity index (χ2v) is 8.02. The van der Waals surface area contributed by atoms with Crippen LogP contribution >= 0.6 is 0 Å². The molecule has 2 N–H and O–H groups in total. The van der Waals surface area contributed by atoms with E-state index in [-0.39, 0.29) is 5.54 Å². The van der Waals surface area contributed by atoms with E-state index in [1.807, 2.05) is 12.1 Å². The number of hydrogen-bond acceptors (Lipinski definition) is 4. The van der Waals surface area contributed by atoms with Crippen LogP contribution in [0.15, 0.2) is 29.3 Å². The van der Waals surface area contributed by atoms with Crippen LogP contribution in [0.1, 0.15) is 34.1 Å². The van der Waals surface area contributed by atoms with E-state index in [2.05, 4.69) is 60.3 Å². The van der Waals surface area contributed by atoms with E-state index in [4.69, 9.17) is 9.73 Å². The third-order valence-corrected chi connectivity index (χ3v) is 4.55. The standard InChI is InChI=1S/C21H37N5O/c1-6-22-20(24-21(2,3)4)23-12-7-13-25-14-16-26(17-15-25)18-8-10-19(27-5)11-9-18/h8-11H,6-7,12-17H2,1-5H3,(H2,22,23,24). The second-order valence-electron chi connectivity index (χ2n) is 8.02. The van der Waals surface area contributed by atoms with Crippen molar-refractivity contribution in [3.8, 4) is 5.75 Å². The Labute approximate surface area is 165 Å². The fourth-order valence-electron chi connectivity index (χ4n) is 3.17. The van der Waals surface area contributed by atoms with Gasteiger partial charge in [0.05, 0.1) is 7.11 Å². The van der Waals surface area contributed by atoms with Crippen molar-refractivity contribution in [2.75, 3.05) is 57.8 Å². The number of nitrogens with zero attached hydrogens (tertiary/aromatic N) is 3. The maximum Gasteiger partial charge on any atom is 0.191 e. The normalized spacial score (nSPS) is 16.3. The van der Waals surface area contributed by atoms with Crippen LogP contribution in [0.5, 0.6) is 5.75 Å². The molecule has 1 fully saturated rings. The lowest BCUT2D eigenvalue weighted by Gasteiger charge is -2.36. The van der Waals surface area contributed by atoms with Crippen LogP contribution in [0.25, 0.3) is 0 Å². The Hall–Kier alpha value is -1.95. The van der Waals surface area contributed by atoms with Crippen LogP contribution in [0.2, 0.25) is 0 Å². The minimum atomic E-state index is 0.0266. The summed E-state index contributed by atoms with van der Waals surface area (Å²) in [4.78, 5) is 9.70. The van der Waals surface area contributed by atoms with Gasteiger partial charge in [-0.05, 0) is 58.4 Å². The highest BCUT2D eigenvalue weighted by atomic mass is 16.5. The van der Waals surface area contributed by atoms with Crippen LogP contribution in [0.3, 0.4) is 0 Å². The first-order valence-electron chi connectivity index (χ1n) is 10.1. The van der Waals surface area contributed by atoms with Gasteiger partial charge in [-0.15, -0.1) is 0 Å². The fraction of sp³-hybridized carbons (Fsp3) is 0.667. The molecule has 0 spiro atoms. The Morgan fingerprint density at radius 3 is 2.33 bits per heavy atom. The highest BCUT2D eigenvalue weighted by Gasteiger charge is 2.17. The molecule has 27 heavy (non-hydrogen) atoms. The molecule has 1 aliphatic rings. The van der Waals surface area contributed by atoms with Crippen molar-refractivity contribution >= 4 is 11.6 Å². The van der Waals surface area contributed by atoms with E-state index in [1.165, 1.54) is 5.69 Å². The summed E-state index contributed by atoms with van der Waals surface area (Å²) < 4.78 is 5.24. The second kappa shape index (κ2) is 10.4. The summed E-state index contributed by atoms with van der Waals surface area (Å²) in [5, 5.41) is 6.76. The minimum absolute atomic E-state index is 0.0266. The number of ether oxygens (including phenoxy) is 1. The smallest absolute Gasteiger partial charge is 0.191 e. The number of rotatable bonds is 7. The van der Waals surface area contributed by atoms with Gasteiger partial charge in [0.2, 0.25) is 0 Å². The molecule has 0 radical (unpaired) electrons. The summed E-state index contributed by atoms with van der Waals surface area (Å²) in [6.07, 6.45) is 1.09. The Morgan fingerprint density at radius 1 is 1.11 bits per heavy atom. The molecule has 0 bridgehead atoms. The number of piperazine rings is 1. The Morgan fingerprint density at radius 2 is 1.78 bits per heavy atom. The molecule has 1 aromatic rings. The molecule has 0 saturated carbocycles. The van der Waals surface area contributed by atoms with E-state index >= 15 is 0 Å². The van der Waals surface area contributed by atoms with Gasteiger partial charge in [0.1, 0.15) is 5.75 Å². The lowest BCUT2D eigenvalue weighted by Crippen LogP contribution is -2.48. The third kappa shape index (κ3) is 7.67. The fourth-order valence-corrected chi connectivity index (χ4v) is 3.17. The number of guanidine groups is 1. The molecule has 6 heteroatoms. The monoisotopic (exact) mass is 375 g/mol. The van der Waals surface area contributed by atoms with Crippen molar-refractivity contribution in [3.63, 3.8) is 0 Å². The maximum atomic E-state index is 5.24. The van der Waals surface area contributed by atoms with Crippen molar-refractivity contribution in [1.29, 1.82) is 0 Å². The number of anilines is 1.